The molecule has 1 atom stereocenters. The summed E-state index contributed by atoms with van der Waals surface area (Å²) >= 11 is 0. The maximum atomic E-state index is 11.8. The molecule has 0 radical (unpaired) electrons. The summed E-state index contributed by atoms with van der Waals surface area (Å²) in [6.07, 6.45) is 0. The lowest BCUT2D eigenvalue weighted by Gasteiger charge is -2.17. The van der Waals surface area contributed by atoms with Crippen LogP contribution in [-0.2, 0) is 9.53 Å². The van der Waals surface area contributed by atoms with Crippen molar-refractivity contribution in [3.63, 3.8) is 0 Å². The minimum absolute atomic E-state index is 0.0204. The third-order valence-electron chi connectivity index (χ3n) is 2.76. The molecular weight excluding hydrogens is 228 g/mol. The number of carbonyl (C=O) groups excluding carboxylic acids is 1. The lowest BCUT2D eigenvalue weighted by Crippen LogP contribution is -2.39. The average Bonchev–Trinajstić information content (AvgIpc) is 2.34. The first-order chi connectivity index (χ1) is 8.54. The van der Waals surface area contributed by atoms with Gasteiger partial charge in [0.25, 0.3) is 0 Å². The van der Waals surface area contributed by atoms with Crippen molar-refractivity contribution in [2.45, 2.75) is 26.8 Å². The maximum absolute atomic E-state index is 11.8. The minimum atomic E-state index is -0.262. The highest BCUT2D eigenvalue weighted by atomic mass is 16.5. The molecule has 0 aromatic heterocycles. The normalized spacial score (nSPS) is 12.0. The second-order valence-electron chi connectivity index (χ2n) is 4.47. The number of rotatable bonds is 6. The summed E-state index contributed by atoms with van der Waals surface area (Å²) in [7, 11) is 1.62. The van der Waals surface area contributed by atoms with Crippen molar-refractivity contribution < 1.29 is 9.53 Å². The average molecular weight is 250 g/mol. The predicted octanol–water partition coefficient (Wildman–Crippen LogP) is 1.87. The molecule has 1 aromatic rings. The van der Waals surface area contributed by atoms with E-state index in [4.69, 9.17) is 4.74 Å². The van der Waals surface area contributed by atoms with E-state index in [1.165, 1.54) is 5.56 Å². The van der Waals surface area contributed by atoms with Crippen LogP contribution in [0.3, 0.4) is 0 Å². The quantitative estimate of drug-likeness (QED) is 0.758. The van der Waals surface area contributed by atoms with Crippen molar-refractivity contribution in [2.75, 3.05) is 25.6 Å². The van der Waals surface area contributed by atoms with E-state index < -0.39 is 0 Å². The molecule has 0 heterocycles. The molecular formula is C14H22N2O2. The van der Waals surface area contributed by atoms with Gasteiger partial charge in [-0.25, -0.2) is 0 Å². The molecule has 0 aliphatic heterocycles. The van der Waals surface area contributed by atoms with Gasteiger partial charge in [-0.15, -0.1) is 0 Å². The van der Waals surface area contributed by atoms with Gasteiger partial charge in [0.05, 0.1) is 6.61 Å². The summed E-state index contributed by atoms with van der Waals surface area (Å²) < 4.78 is 4.89. The molecule has 0 saturated heterocycles. The number of nitrogens with one attached hydrogen (secondary N) is 2. The molecule has 1 aromatic carbocycles. The van der Waals surface area contributed by atoms with E-state index in [2.05, 4.69) is 16.7 Å². The zero-order chi connectivity index (χ0) is 13.5. The van der Waals surface area contributed by atoms with Crippen LogP contribution >= 0.6 is 0 Å². The number of anilines is 1. The van der Waals surface area contributed by atoms with E-state index in [1.807, 2.05) is 32.9 Å². The summed E-state index contributed by atoms with van der Waals surface area (Å²) in [5.74, 6) is -0.0204. The van der Waals surface area contributed by atoms with Crippen LogP contribution in [0.4, 0.5) is 5.69 Å². The third kappa shape index (κ3) is 4.37. The topological polar surface area (TPSA) is 50.4 Å². The van der Waals surface area contributed by atoms with Gasteiger partial charge in [-0.05, 0) is 38.0 Å². The van der Waals surface area contributed by atoms with Gasteiger partial charge in [0.1, 0.15) is 6.04 Å². The Morgan fingerprint density at radius 3 is 2.78 bits per heavy atom. The first kappa shape index (κ1) is 14.5. The molecule has 0 fully saturated rings. The Hall–Kier alpha value is -1.55. The zero-order valence-corrected chi connectivity index (χ0v) is 11.5. The number of aryl methyl sites for hydroxylation is 2. The van der Waals surface area contributed by atoms with Crippen LogP contribution in [0.5, 0.6) is 0 Å². The summed E-state index contributed by atoms with van der Waals surface area (Å²) in [6.45, 7) is 6.98. The van der Waals surface area contributed by atoms with Crippen LogP contribution < -0.4 is 10.6 Å². The highest BCUT2D eigenvalue weighted by Crippen LogP contribution is 2.17. The van der Waals surface area contributed by atoms with Crippen molar-refractivity contribution in [1.82, 2.24) is 5.32 Å². The van der Waals surface area contributed by atoms with E-state index in [1.54, 1.807) is 7.11 Å². The van der Waals surface area contributed by atoms with Gasteiger partial charge in [-0.3, -0.25) is 4.79 Å². The van der Waals surface area contributed by atoms with Gasteiger partial charge in [-0.1, -0.05) is 12.1 Å². The summed E-state index contributed by atoms with van der Waals surface area (Å²) in [5.41, 5.74) is 3.32. The van der Waals surface area contributed by atoms with Gasteiger partial charge in [0.15, 0.2) is 0 Å². The van der Waals surface area contributed by atoms with Crippen molar-refractivity contribution in [3.8, 4) is 0 Å². The number of hydrogen-bond donors (Lipinski definition) is 2. The molecule has 1 rings (SSSR count). The number of carbonyl (C=O) groups is 1. The van der Waals surface area contributed by atoms with Crippen molar-refractivity contribution >= 4 is 11.6 Å². The Morgan fingerprint density at radius 1 is 1.39 bits per heavy atom. The molecule has 0 aliphatic carbocycles. The fourth-order valence-corrected chi connectivity index (χ4v) is 1.62. The van der Waals surface area contributed by atoms with Crippen LogP contribution in [0.15, 0.2) is 18.2 Å². The van der Waals surface area contributed by atoms with E-state index in [9.17, 15) is 4.79 Å². The fraction of sp³-hybridized carbons (Fsp3) is 0.500. The van der Waals surface area contributed by atoms with E-state index in [0.29, 0.717) is 13.2 Å². The Morgan fingerprint density at radius 2 is 2.11 bits per heavy atom. The molecule has 1 amide bonds. The van der Waals surface area contributed by atoms with Crippen molar-refractivity contribution in [2.24, 2.45) is 0 Å². The highest BCUT2D eigenvalue weighted by molar-refractivity contribution is 5.84. The van der Waals surface area contributed by atoms with Gasteiger partial charge in [0.2, 0.25) is 5.91 Å². The van der Waals surface area contributed by atoms with Crippen LogP contribution in [0.2, 0.25) is 0 Å². The Balaban J connectivity index is 2.55. The predicted molar refractivity (Wildman–Crippen MR) is 73.9 cm³/mol. The minimum Gasteiger partial charge on any atom is -0.383 e. The molecule has 0 bridgehead atoms. The Kier molecular flexibility index (Phi) is 5.65. The lowest BCUT2D eigenvalue weighted by atomic mass is 10.1. The van der Waals surface area contributed by atoms with Crippen molar-refractivity contribution in [3.05, 3.63) is 29.3 Å². The summed E-state index contributed by atoms with van der Waals surface area (Å²) in [5, 5.41) is 6.04. The molecule has 1 unspecified atom stereocenters. The molecule has 4 nitrogen and oxygen atoms in total. The van der Waals surface area contributed by atoms with Crippen LogP contribution in [0.25, 0.3) is 0 Å². The lowest BCUT2D eigenvalue weighted by molar-refractivity contribution is -0.121. The first-order valence-corrected chi connectivity index (χ1v) is 6.15. The summed E-state index contributed by atoms with van der Waals surface area (Å²) in [6, 6.07) is 5.90. The molecule has 4 heteroatoms. The molecule has 0 saturated carbocycles. The van der Waals surface area contributed by atoms with E-state index in [-0.39, 0.29) is 11.9 Å². The smallest absolute Gasteiger partial charge is 0.242 e. The number of ether oxygens (including phenoxy) is 1. The van der Waals surface area contributed by atoms with Gasteiger partial charge in [-0.2, -0.15) is 0 Å². The number of amides is 1. The SMILES string of the molecule is COCCNC(=O)C(C)Nc1cc(C)ccc1C. The second-order valence-corrected chi connectivity index (χ2v) is 4.47. The number of benzene rings is 1. The van der Waals surface area contributed by atoms with Crippen LogP contribution in [0, 0.1) is 13.8 Å². The standard InChI is InChI=1S/C14H22N2O2/c1-10-5-6-11(2)13(9-10)16-12(3)14(17)15-7-8-18-4/h5-6,9,12,16H,7-8H2,1-4H3,(H,15,17). The van der Waals surface area contributed by atoms with Crippen molar-refractivity contribution in [1.29, 1.82) is 0 Å². The zero-order valence-electron chi connectivity index (χ0n) is 11.5. The fourth-order valence-electron chi connectivity index (χ4n) is 1.62. The Bertz CT molecular complexity index is 405. The molecule has 18 heavy (non-hydrogen) atoms. The first-order valence-electron chi connectivity index (χ1n) is 6.15. The van der Waals surface area contributed by atoms with Crippen LogP contribution in [-0.4, -0.2) is 32.2 Å². The van der Waals surface area contributed by atoms with Gasteiger partial charge < -0.3 is 15.4 Å². The highest BCUT2D eigenvalue weighted by Gasteiger charge is 2.12. The third-order valence-corrected chi connectivity index (χ3v) is 2.76. The van der Waals surface area contributed by atoms with Gasteiger partial charge in [0, 0.05) is 19.3 Å². The van der Waals surface area contributed by atoms with E-state index >= 15 is 0 Å². The van der Waals surface area contributed by atoms with Gasteiger partial charge >= 0.3 is 0 Å². The molecule has 100 valence electrons. The maximum Gasteiger partial charge on any atom is 0.242 e. The molecule has 0 aliphatic rings. The Labute approximate surface area is 109 Å². The largest absolute Gasteiger partial charge is 0.383 e. The monoisotopic (exact) mass is 250 g/mol. The molecule has 2 N–H and O–H groups in total. The van der Waals surface area contributed by atoms with Crippen LogP contribution in [0.1, 0.15) is 18.1 Å². The second kappa shape index (κ2) is 7.01. The number of hydrogen-bond acceptors (Lipinski definition) is 3. The van der Waals surface area contributed by atoms with E-state index in [0.717, 1.165) is 11.3 Å². The number of methoxy groups -OCH3 is 1. The summed E-state index contributed by atoms with van der Waals surface area (Å²) in [4.78, 5) is 11.8. The molecule has 0 spiro atoms.